The Balaban J connectivity index is 2.94. The van der Waals surface area contributed by atoms with E-state index in [0.29, 0.717) is 19.3 Å². The number of aliphatic hydroxyl groups excluding tert-OH is 2. The van der Waals surface area contributed by atoms with Gasteiger partial charge in [-0.2, -0.15) is 0 Å². The Labute approximate surface area is 217 Å². The van der Waals surface area contributed by atoms with Crippen LogP contribution in [0.15, 0.2) is 58.1 Å². The fraction of sp³-hybridized carbons (Fsp3) is 0.613. The van der Waals surface area contributed by atoms with E-state index in [0.717, 1.165) is 23.1 Å². The van der Waals surface area contributed by atoms with E-state index in [9.17, 15) is 24.9 Å². The lowest BCUT2D eigenvalue weighted by Gasteiger charge is -2.45. The lowest BCUT2D eigenvalue weighted by molar-refractivity contribution is -0.129. The molecule has 2 aliphatic carbocycles. The van der Waals surface area contributed by atoms with Crippen LogP contribution in [-0.4, -0.2) is 32.5 Å². The Kier molecular flexibility index (Phi) is 9.39. The molecule has 0 aromatic heterocycles. The van der Waals surface area contributed by atoms with Gasteiger partial charge in [0.2, 0.25) is 0 Å². The minimum absolute atomic E-state index is 0.0969. The molecule has 200 valence electrons. The molecule has 2 aliphatic rings. The van der Waals surface area contributed by atoms with Crippen molar-refractivity contribution in [3.63, 3.8) is 0 Å². The summed E-state index contributed by atoms with van der Waals surface area (Å²) < 4.78 is 0. The van der Waals surface area contributed by atoms with Gasteiger partial charge in [0, 0.05) is 17.4 Å². The van der Waals surface area contributed by atoms with Crippen LogP contribution >= 0.6 is 0 Å². The molecule has 0 heterocycles. The molecular formula is C31H46O5. The maximum absolute atomic E-state index is 14.1. The van der Waals surface area contributed by atoms with Crippen molar-refractivity contribution >= 4 is 11.6 Å². The fourth-order valence-corrected chi connectivity index (χ4v) is 5.34. The Hall–Kier alpha value is -2.40. The van der Waals surface area contributed by atoms with Crippen molar-refractivity contribution in [1.82, 2.24) is 0 Å². The first-order chi connectivity index (χ1) is 16.6. The molecule has 0 aromatic carbocycles. The fourth-order valence-electron chi connectivity index (χ4n) is 5.34. The monoisotopic (exact) mass is 498 g/mol. The van der Waals surface area contributed by atoms with Crippen LogP contribution in [0, 0.1) is 23.2 Å². The average Bonchev–Trinajstić information content (AvgIpc) is 2.78. The number of carbonyl (C=O) groups excluding carboxylic acids is 2. The molecule has 0 aromatic rings. The summed E-state index contributed by atoms with van der Waals surface area (Å²) in [6.45, 7) is 19.1. The van der Waals surface area contributed by atoms with E-state index in [1.54, 1.807) is 13.8 Å². The van der Waals surface area contributed by atoms with Gasteiger partial charge in [-0.05, 0) is 86.0 Å². The summed E-state index contributed by atoms with van der Waals surface area (Å²) in [5, 5.41) is 34.9. The Bertz CT molecular complexity index is 1010. The second-order valence-electron chi connectivity index (χ2n) is 11.8. The molecule has 3 N–H and O–H groups in total. The molecule has 2 rings (SSSR count). The van der Waals surface area contributed by atoms with Crippen LogP contribution in [0.1, 0.15) is 93.9 Å². The Morgan fingerprint density at radius 1 is 1.11 bits per heavy atom. The van der Waals surface area contributed by atoms with E-state index >= 15 is 0 Å². The van der Waals surface area contributed by atoms with E-state index in [-0.39, 0.29) is 35.7 Å². The maximum atomic E-state index is 14.1. The summed E-state index contributed by atoms with van der Waals surface area (Å²) in [5.41, 5.74) is 0.176. The molecule has 0 saturated heterocycles. The minimum atomic E-state index is -1.43. The van der Waals surface area contributed by atoms with Crippen molar-refractivity contribution in [2.75, 3.05) is 0 Å². The Morgan fingerprint density at radius 2 is 1.64 bits per heavy atom. The summed E-state index contributed by atoms with van der Waals surface area (Å²) >= 11 is 0. The zero-order valence-corrected chi connectivity index (χ0v) is 23.5. The minimum Gasteiger partial charge on any atom is -0.511 e. The largest absolute Gasteiger partial charge is 0.511 e. The predicted octanol–water partition coefficient (Wildman–Crippen LogP) is 7.25. The number of Topliss-reactive ketones (excluding diaryl/α,β-unsaturated/α-hetero) is 2. The highest BCUT2D eigenvalue weighted by atomic mass is 16.3. The number of hydrogen-bond acceptors (Lipinski definition) is 5. The van der Waals surface area contributed by atoms with Gasteiger partial charge >= 0.3 is 0 Å². The molecule has 4 atom stereocenters. The van der Waals surface area contributed by atoms with Crippen LogP contribution in [-0.2, 0) is 9.59 Å². The number of ketones is 2. The molecule has 0 aliphatic heterocycles. The number of allylic oxidation sites excluding steroid dienone is 8. The van der Waals surface area contributed by atoms with Crippen molar-refractivity contribution < 1.29 is 24.9 Å². The van der Waals surface area contributed by atoms with Gasteiger partial charge in [-0.15, -0.1) is 0 Å². The van der Waals surface area contributed by atoms with Crippen LogP contribution in [0.2, 0.25) is 0 Å². The number of hydrogen-bond donors (Lipinski definition) is 3. The van der Waals surface area contributed by atoms with Crippen molar-refractivity contribution in [3.8, 4) is 0 Å². The Morgan fingerprint density at radius 3 is 2.08 bits per heavy atom. The quantitative estimate of drug-likeness (QED) is 0.230. The standard InChI is InChI=1S/C31H46O5/c1-10-21(8)26(32)25-27(33)24(23-17-22(20(6)7)13-14-30(23,9)36)28(34)31(29(25)35,15-11-18(2)3)16-12-19(4)5/h11-12,21-23,33-34,36H,6,10,13-17H2,1-5,7-9H3/t21?,22-,23+,30+/m0/s1. The van der Waals surface area contributed by atoms with Gasteiger partial charge in [-0.1, -0.05) is 49.3 Å². The topological polar surface area (TPSA) is 94.8 Å². The average molecular weight is 499 g/mol. The third-order valence-corrected chi connectivity index (χ3v) is 8.20. The lowest BCUT2D eigenvalue weighted by Crippen LogP contribution is -2.47. The van der Waals surface area contributed by atoms with Gasteiger partial charge in [-0.25, -0.2) is 0 Å². The highest BCUT2D eigenvalue weighted by Crippen LogP contribution is 2.53. The van der Waals surface area contributed by atoms with Crippen molar-refractivity contribution in [2.24, 2.45) is 23.2 Å². The molecule has 36 heavy (non-hydrogen) atoms. The van der Waals surface area contributed by atoms with Gasteiger partial charge in [0.05, 0.1) is 11.0 Å². The summed E-state index contributed by atoms with van der Waals surface area (Å²) in [7, 11) is 0. The molecule has 5 heteroatoms. The van der Waals surface area contributed by atoms with Crippen LogP contribution in [0.5, 0.6) is 0 Å². The van der Waals surface area contributed by atoms with E-state index < -0.39 is 40.2 Å². The predicted molar refractivity (Wildman–Crippen MR) is 146 cm³/mol. The number of rotatable bonds is 9. The zero-order chi connectivity index (χ0) is 27.6. The normalized spacial score (nSPS) is 27.0. The van der Waals surface area contributed by atoms with E-state index in [1.807, 2.05) is 53.7 Å². The molecule has 1 saturated carbocycles. The zero-order valence-electron chi connectivity index (χ0n) is 23.5. The van der Waals surface area contributed by atoms with Crippen LogP contribution < -0.4 is 0 Å². The summed E-state index contributed by atoms with van der Waals surface area (Å²) in [5.74, 6) is -2.69. The number of carbonyl (C=O) groups is 2. The van der Waals surface area contributed by atoms with Gasteiger partial charge in [0.15, 0.2) is 11.6 Å². The third kappa shape index (κ3) is 5.77. The molecule has 0 bridgehead atoms. The second-order valence-corrected chi connectivity index (χ2v) is 11.8. The summed E-state index contributed by atoms with van der Waals surface area (Å²) in [6.07, 6.45) is 6.36. The van der Waals surface area contributed by atoms with E-state index in [4.69, 9.17) is 0 Å². The first-order valence-electron chi connectivity index (χ1n) is 13.2. The molecule has 0 radical (unpaired) electrons. The van der Waals surface area contributed by atoms with Gasteiger partial charge in [0.25, 0.3) is 0 Å². The van der Waals surface area contributed by atoms with Gasteiger partial charge in [-0.3, -0.25) is 9.59 Å². The second kappa shape index (κ2) is 11.3. The van der Waals surface area contributed by atoms with Gasteiger partial charge in [0.1, 0.15) is 17.1 Å². The third-order valence-electron chi connectivity index (χ3n) is 8.20. The van der Waals surface area contributed by atoms with Gasteiger partial charge < -0.3 is 15.3 Å². The smallest absolute Gasteiger partial charge is 0.184 e. The molecule has 0 amide bonds. The van der Waals surface area contributed by atoms with Crippen molar-refractivity contribution in [2.45, 2.75) is 99.5 Å². The highest BCUT2D eigenvalue weighted by molar-refractivity contribution is 6.25. The molecule has 5 nitrogen and oxygen atoms in total. The van der Waals surface area contributed by atoms with Crippen LogP contribution in [0.25, 0.3) is 0 Å². The van der Waals surface area contributed by atoms with E-state index in [2.05, 4.69) is 6.58 Å². The van der Waals surface area contributed by atoms with Crippen LogP contribution in [0.3, 0.4) is 0 Å². The number of aliphatic hydroxyl groups is 3. The molecule has 0 spiro atoms. The SMILES string of the molecule is C=C(C)[C@H]1CC[C@@](C)(O)[C@@H](C2=C(O)C(CC=C(C)C)(CC=C(C)C)C(=O)C(C(=O)C(C)CC)=C2O)C1. The molecule has 1 fully saturated rings. The first-order valence-corrected chi connectivity index (χ1v) is 13.2. The highest BCUT2D eigenvalue weighted by Gasteiger charge is 2.54. The van der Waals surface area contributed by atoms with Crippen LogP contribution in [0.4, 0.5) is 0 Å². The van der Waals surface area contributed by atoms with Crippen molar-refractivity contribution in [1.29, 1.82) is 0 Å². The summed E-state index contributed by atoms with van der Waals surface area (Å²) in [4.78, 5) is 27.7. The van der Waals surface area contributed by atoms with E-state index in [1.165, 1.54) is 0 Å². The molecular weight excluding hydrogens is 452 g/mol. The first kappa shape index (κ1) is 29.8. The maximum Gasteiger partial charge on any atom is 0.184 e. The lowest BCUT2D eigenvalue weighted by atomic mass is 9.60. The van der Waals surface area contributed by atoms with Crippen molar-refractivity contribution in [3.05, 3.63) is 58.1 Å². The molecule has 1 unspecified atom stereocenters. The summed E-state index contributed by atoms with van der Waals surface area (Å²) in [6, 6.07) is 0.